The van der Waals surface area contributed by atoms with E-state index >= 15 is 0 Å². The molecule has 69 heavy (non-hydrogen) atoms. The van der Waals surface area contributed by atoms with E-state index in [1.807, 2.05) is 79.0 Å². The van der Waals surface area contributed by atoms with Gasteiger partial charge in [0.2, 0.25) is 5.71 Å². The molecule has 2 aliphatic rings. The van der Waals surface area contributed by atoms with Gasteiger partial charge in [-0.2, -0.15) is 0 Å². The zero-order valence-electron chi connectivity index (χ0n) is 46.3. The van der Waals surface area contributed by atoms with E-state index in [1.165, 1.54) is 23.6 Å². The van der Waals surface area contributed by atoms with Crippen molar-refractivity contribution in [3.05, 3.63) is 192 Å². The molecule has 0 radical (unpaired) electrons. The third-order valence-electron chi connectivity index (χ3n) is 15.1. The maximum atomic E-state index is 9.55. The highest BCUT2D eigenvalue weighted by molar-refractivity contribution is 6.08. The number of benzene rings is 4. The number of pyridine rings is 4. The summed E-state index contributed by atoms with van der Waals surface area (Å²) in [5.41, 5.74) is 12.5. The molecule has 5 heterocycles. The molecule has 0 aliphatic heterocycles. The lowest BCUT2D eigenvalue weighted by atomic mass is 9.70. The maximum Gasteiger partial charge on any atom is 0.227 e. The van der Waals surface area contributed by atoms with Gasteiger partial charge in [-0.15, -0.1) is 0 Å². The fourth-order valence-electron chi connectivity index (χ4n) is 11.5. The molecule has 2 atom stereocenters. The van der Waals surface area contributed by atoms with Gasteiger partial charge in [-0.3, -0.25) is 15.0 Å². The Balaban J connectivity index is 0.905. The van der Waals surface area contributed by atoms with Crippen LogP contribution in [-0.2, 0) is 19.3 Å². The number of nitrogens with zero attached hydrogens (tertiary/aromatic N) is 4. The van der Waals surface area contributed by atoms with Crippen molar-refractivity contribution >= 4 is 22.1 Å². The highest BCUT2D eigenvalue weighted by atomic mass is 16.3. The number of furan rings is 1. The predicted molar refractivity (Wildman–Crippen MR) is 284 cm³/mol. The lowest BCUT2D eigenvalue weighted by Gasteiger charge is -2.35. The number of hydrogen-bond donors (Lipinski definition) is 0. The van der Waals surface area contributed by atoms with Gasteiger partial charge < -0.3 is 4.42 Å². The Morgan fingerprint density at radius 3 is 1.81 bits per heavy atom. The number of para-hydroxylation sites is 1. The van der Waals surface area contributed by atoms with Gasteiger partial charge in [0.25, 0.3) is 0 Å². The second-order valence-corrected chi connectivity index (χ2v) is 19.7. The van der Waals surface area contributed by atoms with E-state index in [2.05, 4.69) is 72.0 Å². The van der Waals surface area contributed by atoms with Crippen LogP contribution in [0.3, 0.4) is 0 Å². The standard InChI is InChI=1S/C64H64N4O/c1-43-35-53(30-32-55(43)50-13-6-3-7-14-50)59-39-62(58-20-12-19-56-57-31-21-44(2)68-64(57)69-63(56)58)67-42-54(59)29-26-49-37-47(24-22-45-27-33-60(65-40-45)51-15-8-4-9-16-51)36-48(38-49)25-23-46-28-34-61(66-41-46)52-17-10-5-11-18-52/h4-5,8-12,15-21,27-28,30-35,39-42,47-50H,3,6-7,13-14,22-26,29,36-38H2,1-2H3/i1D3,2D3,50D. The van der Waals surface area contributed by atoms with Gasteiger partial charge >= 0.3 is 0 Å². The topological polar surface area (TPSA) is 64.7 Å². The van der Waals surface area contributed by atoms with E-state index in [4.69, 9.17) is 27.6 Å². The smallest absolute Gasteiger partial charge is 0.227 e. The first-order valence-corrected chi connectivity index (χ1v) is 25.2. The van der Waals surface area contributed by atoms with Gasteiger partial charge in [-0.25, -0.2) is 4.98 Å². The minimum Gasteiger partial charge on any atom is -0.437 e. The molecule has 2 fully saturated rings. The van der Waals surface area contributed by atoms with E-state index in [-0.39, 0.29) is 17.0 Å². The van der Waals surface area contributed by atoms with Crippen molar-refractivity contribution in [2.45, 2.75) is 109 Å². The highest BCUT2D eigenvalue weighted by Crippen LogP contribution is 2.43. The SMILES string of the molecule is [2H]C([2H])([2H])c1ccc2c(n1)oc1c(-c3cc(-c4ccc(C5([2H])CCCCC5)c(C([2H])([2H])[2H])c4)c(CCC4CC(CCc5ccc(-c6ccccc6)nc5)CC(CCc5ccc(-c6ccccc6)nc5)C4)cn3)cccc12. The maximum absolute atomic E-state index is 9.55. The van der Waals surface area contributed by atoms with E-state index in [9.17, 15) is 1.37 Å². The monoisotopic (exact) mass is 912 g/mol. The first kappa shape index (κ1) is 37.2. The number of fused-ring (bicyclic) bond motifs is 3. The zero-order chi connectivity index (χ0) is 52.4. The summed E-state index contributed by atoms with van der Waals surface area (Å²) in [5, 5.41) is 1.51. The average molecular weight is 912 g/mol. The zero-order valence-corrected chi connectivity index (χ0v) is 39.3. The van der Waals surface area contributed by atoms with Crippen LogP contribution in [0.1, 0.15) is 120 Å². The Hall–Kier alpha value is -6.72. The van der Waals surface area contributed by atoms with Crippen LogP contribution in [0.4, 0.5) is 0 Å². The summed E-state index contributed by atoms with van der Waals surface area (Å²) >= 11 is 0. The molecule has 0 spiro atoms. The minimum absolute atomic E-state index is 0.0329. The predicted octanol–water partition coefficient (Wildman–Crippen LogP) is 16.7. The summed E-state index contributed by atoms with van der Waals surface area (Å²) in [4.78, 5) is 19.3. The van der Waals surface area contributed by atoms with Crippen molar-refractivity contribution in [1.82, 2.24) is 19.9 Å². The molecule has 2 aliphatic carbocycles. The summed E-state index contributed by atoms with van der Waals surface area (Å²) in [7, 11) is 0. The van der Waals surface area contributed by atoms with Crippen molar-refractivity contribution < 1.29 is 14.0 Å². The summed E-state index contributed by atoms with van der Waals surface area (Å²) in [6.07, 6.45) is 19.5. The molecule has 9 aromatic rings. The van der Waals surface area contributed by atoms with Crippen LogP contribution in [0.2, 0.25) is 0 Å². The molecule has 4 aromatic carbocycles. The van der Waals surface area contributed by atoms with Crippen LogP contribution in [0.25, 0.3) is 67.0 Å². The van der Waals surface area contributed by atoms with Crippen LogP contribution in [0, 0.1) is 31.5 Å². The summed E-state index contributed by atoms with van der Waals surface area (Å²) in [6.45, 7) is -4.80. The van der Waals surface area contributed by atoms with Gasteiger partial charge in [-0.1, -0.05) is 122 Å². The Morgan fingerprint density at radius 2 is 1.19 bits per heavy atom. The van der Waals surface area contributed by atoms with Crippen molar-refractivity contribution in [2.24, 2.45) is 17.8 Å². The molecule has 0 N–H and O–H groups in total. The Bertz CT molecular complexity index is 3350. The van der Waals surface area contributed by atoms with E-state index in [0.717, 1.165) is 121 Å². The fraction of sp³-hybridized carbons (Fsp3) is 0.312. The quantitative estimate of drug-likeness (QED) is 0.109. The van der Waals surface area contributed by atoms with Gasteiger partial charge in [0, 0.05) is 61.3 Å². The Kier molecular flexibility index (Phi) is 11.0. The molecule has 5 aromatic heterocycles. The third kappa shape index (κ3) is 10.2. The third-order valence-corrected chi connectivity index (χ3v) is 15.1. The second-order valence-electron chi connectivity index (χ2n) is 19.7. The molecule has 5 nitrogen and oxygen atoms in total. The van der Waals surface area contributed by atoms with Gasteiger partial charge in [0.05, 0.1) is 17.1 Å². The van der Waals surface area contributed by atoms with E-state index in [1.54, 1.807) is 6.07 Å². The van der Waals surface area contributed by atoms with Crippen LogP contribution in [0.15, 0.2) is 163 Å². The first-order valence-electron chi connectivity index (χ1n) is 28.7. The van der Waals surface area contributed by atoms with Gasteiger partial charge in [0.15, 0.2) is 0 Å². The van der Waals surface area contributed by atoms with Crippen molar-refractivity contribution in [2.75, 3.05) is 0 Å². The second kappa shape index (κ2) is 20.5. The van der Waals surface area contributed by atoms with Crippen LogP contribution >= 0.6 is 0 Å². The van der Waals surface area contributed by atoms with Crippen molar-refractivity contribution in [3.8, 4) is 44.9 Å². The molecule has 2 unspecified atom stereocenters. The van der Waals surface area contributed by atoms with Crippen LogP contribution < -0.4 is 0 Å². The normalized spacial score (nSPS) is 20.0. The molecule has 0 saturated heterocycles. The van der Waals surface area contributed by atoms with Crippen molar-refractivity contribution in [1.29, 1.82) is 0 Å². The Morgan fingerprint density at radius 1 is 0.536 bits per heavy atom. The summed E-state index contributed by atoms with van der Waals surface area (Å²) < 4.78 is 66.3. The molecule has 0 amide bonds. The van der Waals surface area contributed by atoms with Gasteiger partial charge in [-0.05, 0) is 183 Å². The minimum atomic E-state index is -2.42. The molecule has 2 saturated carbocycles. The lowest BCUT2D eigenvalue weighted by Crippen LogP contribution is -2.24. The first-order chi connectivity index (χ1) is 36.7. The van der Waals surface area contributed by atoms with Crippen LogP contribution in [-0.4, -0.2) is 19.9 Å². The molecule has 11 rings (SSSR count). The van der Waals surface area contributed by atoms with Gasteiger partial charge in [0.1, 0.15) is 5.58 Å². The summed E-state index contributed by atoms with van der Waals surface area (Å²) in [6, 6.07) is 46.4. The number of hydrogen-bond acceptors (Lipinski definition) is 5. The number of rotatable bonds is 14. The number of aryl methyl sites for hydroxylation is 5. The molecular weight excluding hydrogens is 841 g/mol. The molecule has 5 heteroatoms. The fourth-order valence-corrected chi connectivity index (χ4v) is 11.5. The van der Waals surface area contributed by atoms with Crippen LogP contribution in [0.5, 0.6) is 0 Å². The lowest BCUT2D eigenvalue weighted by molar-refractivity contribution is 0.172. The molecule has 0 bridgehead atoms. The van der Waals surface area contributed by atoms with Crippen molar-refractivity contribution in [3.63, 3.8) is 0 Å². The molecule has 346 valence electrons. The molecular formula is C64H64N4O. The largest absolute Gasteiger partial charge is 0.437 e. The Labute approximate surface area is 418 Å². The van der Waals surface area contributed by atoms with E-state index in [0.29, 0.717) is 52.8 Å². The number of aromatic nitrogens is 4. The van der Waals surface area contributed by atoms with E-state index < -0.39 is 19.6 Å². The summed E-state index contributed by atoms with van der Waals surface area (Å²) in [5.74, 6) is 0.629. The highest BCUT2D eigenvalue weighted by Gasteiger charge is 2.29. The average Bonchev–Trinajstić information content (AvgIpc) is 3.83.